The van der Waals surface area contributed by atoms with Crippen LogP contribution in [0.25, 0.3) is 0 Å². The van der Waals surface area contributed by atoms with Crippen molar-refractivity contribution in [2.24, 2.45) is 5.92 Å². The Morgan fingerprint density at radius 2 is 2.26 bits per heavy atom. The summed E-state index contributed by atoms with van der Waals surface area (Å²) in [6.07, 6.45) is 3.69. The Bertz CT molecular complexity index is 511. The number of benzene rings is 1. The molecule has 0 spiro atoms. The molecule has 1 N–H and O–H groups in total. The van der Waals surface area contributed by atoms with Gasteiger partial charge in [-0.05, 0) is 56.0 Å². The van der Waals surface area contributed by atoms with Gasteiger partial charge in [-0.1, -0.05) is 11.6 Å². The molecular weight excluding hydrogens is 335 g/mol. The Kier molecular flexibility index (Phi) is 8.74. The van der Waals surface area contributed by atoms with E-state index in [4.69, 9.17) is 16.3 Å². The average molecular weight is 361 g/mol. The van der Waals surface area contributed by atoms with Crippen molar-refractivity contribution >= 4 is 29.9 Å². The van der Waals surface area contributed by atoms with Gasteiger partial charge in [0.2, 0.25) is 5.91 Å². The second-order valence-corrected chi connectivity index (χ2v) is 6.30. The third-order valence-electron chi connectivity index (χ3n) is 4.21. The van der Waals surface area contributed by atoms with Crippen molar-refractivity contribution in [1.29, 1.82) is 0 Å². The number of nitrogens with zero attached hydrogens (tertiary/aromatic N) is 1. The minimum absolute atomic E-state index is 0. The summed E-state index contributed by atoms with van der Waals surface area (Å²) in [7, 11) is 3.55. The highest BCUT2D eigenvalue weighted by Crippen LogP contribution is 2.28. The summed E-state index contributed by atoms with van der Waals surface area (Å²) >= 11 is 6.10. The van der Waals surface area contributed by atoms with E-state index in [2.05, 4.69) is 5.32 Å². The van der Waals surface area contributed by atoms with Crippen LogP contribution in [0.15, 0.2) is 18.2 Å². The summed E-state index contributed by atoms with van der Waals surface area (Å²) in [5, 5.41) is 3.76. The quantitative estimate of drug-likeness (QED) is 0.846. The minimum atomic E-state index is 0. The Balaban J connectivity index is 0.00000264. The van der Waals surface area contributed by atoms with E-state index in [1.54, 1.807) is 7.11 Å². The molecule has 1 aliphatic heterocycles. The minimum Gasteiger partial charge on any atom is -0.496 e. The van der Waals surface area contributed by atoms with Gasteiger partial charge in [-0.15, -0.1) is 12.4 Å². The van der Waals surface area contributed by atoms with E-state index in [1.165, 1.54) is 0 Å². The van der Waals surface area contributed by atoms with Crippen molar-refractivity contribution in [1.82, 2.24) is 10.2 Å². The Hall–Kier alpha value is -0.970. The maximum atomic E-state index is 12.2. The molecule has 23 heavy (non-hydrogen) atoms. The van der Waals surface area contributed by atoms with Gasteiger partial charge in [0.25, 0.3) is 0 Å². The number of hydrogen-bond acceptors (Lipinski definition) is 3. The number of halogens is 2. The molecule has 6 heteroatoms. The van der Waals surface area contributed by atoms with Crippen LogP contribution >= 0.6 is 24.0 Å². The van der Waals surface area contributed by atoms with Crippen molar-refractivity contribution in [2.45, 2.75) is 25.7 Å². The number of carbonyl (C=O) groups is 1. The normalized spacial score (nSPS) is 17.5. The molecule has 0 aliphatic carbocycles. The van der Waals surface area contributed by atoms with E-state index in [1.807, 2.05) is 30.1 Å². The third-order valence-corrected chi connectivity index (χ3v) is 4.45. The van der Waals surface area contributed by atoms with Gasteiger partial charge in [-0.3, -0.25) is 4.79 Å². The van der Waals surface area contributed by atoms with E-state index in [-0.39, 0.29) is 18.3 Å². The van der Waals surface area contributed by atoms with Crippen molar-refractivity contribution in [3.8, 4) is 5.75 Å². The predicted molar refractivity (Wildman–Crippen MR) is 96.8 cm³/mol. The molecule has 1 fully saturated rings. The monoisotopic (exact) mass is 360 g/mol. The molecule has 1 heterocycles. The molecule has 0 radical (unpaired) electrons. The second kappa shape index (κ2) is 10.0. The first-order chi connectivity index (χ1) is 10.6. The van der Waals surface area contributed by atoms with Gasteiger partial charge in [0.15, 0.2) is 0 Å². The summed E-state index contributed by atoms with van der Waals surface area (Å²) in [5.74, 6) is 1.60. The van der Waals surface area contributed by atoms with Gasteiger partial charge in [0, 0.05) is 31.1 Å². The van der Waals surface area contributed by atoms with Crippen LogP contribution < -0.4 is 10.1 Å². The highest BCUT2D eigenvalue weighted by atomic mass is 35.5. The van der Waals surface area contributed by atoms with Crippen LogP contribution in [0.4, 0.5) is 0 Å². The molecule has 1 unspecified atom stereocenters. The van der Waals surface area contributed by atoms with Gasteiger partial charge in [-0.25, -0.2) is 0 Å². The fourth-order valence-electron chi connectivity index (χ4n) is 3.07. The van der Waals surface area contributed by atoms with Crippen molar-refractivity contribution in [2.75, 3.05) is 33.8 Å². The molecule has 1 aromatic carbocycles. The van der Waals surface area contributed by atoms with Crippen LogP contribution in [-0.4, -0.2) is 44.6 Å². The Morgan fingerprint density at radius 3 is 2.96 bits per heavy atom. The molecule has 2 rings (SSSR count). The molecule has 1 saturated heterocycles. The molecule has 1 aliphatic rings. The fourth-order valence-corrected chi connectivity index (χ4v) is 3.26. The number of nitrogens with one attached hydrogen (secondary N) is 1. The predicted octanol–water partition coefficient (Wildman–Crippen LogP) is 3.16. The van der Waals surface area contributed by atoms with E-state index in [0.29, 0.717) is 12.3 Å². The lowest BCUT2D eigenvalue weighted by Gasteiger charge is -2.33. The fraction of sp³-hybridized carbons (Fsp3) is 0.588. The Labute approximate surface area is 149 Å². The number of ether oxygens (including phenoxy) is 1. The third kappa shape index (κ3) is 5.87. The van der Waals surface area contributed by atoms with Crippen molar-refractivity contribution in [3.63, 3.8) is 0 Å². The number of carbonyl (C=O) groups excluding carboxylic acids is 1. The van der Waals surface area contributed by atoms with E-state index >= 15 is 0 Å². The van der Waals surface area contributed by atoms with Crippen LogP contribution in [0.2, 0.25) is 5.02 Å². The van der Waals surface area contributed by atoms with Gasteiger partial charge in [0.1, 0.15) is 5.75 Å². The lowest BCUT2D eigenvalue weighted by atomic mass is 9.90. The standard InChI is InChI=1S/C17H25ClN2O2.ClH/c1-19-8-7-17(21)20-9-3-4-13(12-20)10-14-11-15(18)5-6-16(14)22-2;/h5-6,11,13,19H,3-4,7-10,12H2,1-2H3;1H. The maximum absolute atomic E-state index is 12.2. The topological polar surface area (TPSA) is 41.6 Å². The maximum Gasteiger partial charge on any atom is 0.223 e. The lowest BCUT2D eigenvalue weighted by molar-refractivity contribution is -0.132. The number of likely N-dealkylation sites (tertiary alicyclic amines) is 1. The van der Waals surface area contributed by atoms with Crippen molar-refractivity contribution in [3.05, 3.63) is 28.8 Å². The number of methoxy groups -OCH3 is 1. The molecule has 0 aromatic heterocycles. The first-order valence-electron chi connectivity index (χ1n) is 7.88. The number of rotatable bonds is 6. The summed E-state index contributed by atoms with van der Waals surface area (Å²) in [6.45, 7) is 2.45. The zero-order chi connectivity index (χ0) is 15.9. The molecule has 1 aromatic rings. The van der Waals surface area contributed by atoms with E-state index < -0.39 is 0 Å². The molecule has 130 valence electrons. The average Bonchev–Trinajstić information content (AvgIpc) is 2.53. The van der Waals surface area contributed by atoms with Gasteiger partial charge < -0.3 is 15.0 Å². The Morgan fingerprint density at radius 1 is 1.48 bits per heavy atom. The summed E-state index contributed by atoms with van der Waals surface area (Å²) in [4.78, 5) is 14.2. The largest absolute Gasteiger partial charge is 0.496 e. The second-order valence-electron chi connectivity index (χ2n) is 5.86. The van der Waals surface area contributed by atoms with Crippen LogP contribution in [0, 0.1) is 5.92 Å². The molecule has 1 amide bonds. The van der Waals surface area contributed by atoms with E-state index in [9.17, 15) is 4.79 Å². The highest BCUT2D eigenvalue weighted by Gasteiger charge is 2.24. The first kappa shape index (κ1) is 20.1. The highest BCUT2D eigenvalue weighted by molar-refractivity contribution is 6.30. The summed E-state index contributed by atoms with van der Waals surface area (Å²) in [6, 6.07) is 5.73. The zero-order valence-electron chi connectivity index (χ0n) is 13.8. The van der Waals surface area contributed by atoms with Gasteiger partial charge in [0.05, 0.1) is 7.11 Å². The molecule has 0 saturated carbocycles. The number of amides is 1. The zero-order valence-corrected chi connectivity index (χ0v) is 15.4. The van der Waals surface area contributed by atoms with Crippen LogP contribution in [0.1, 0.15) is 24.8 Å². The van der Waals surface area contributed by atoms with Gasteiger partial charge >= 0.3 is 0 Å². The van der Waals surface area contributed by atoms with Crippen LogP contribution in [0.3, 0.4) is 0 Å². The SMILES string of the molecule is CNCCC(=O)N1CCCC(Cc2cc(Cl)ccc2OC)C1.Cl. The van der Waals surface area contributed by atoms with Crippen molar-refractivity contribution < 1.29 is 9.53 Å². The van der Waals surface area contributed by atoms with E-state index in [0.717, 1.165) is 55.2 Å². The van der Waals surface area contributed by atoms with Gasteiger partial charge in [-0.2, -0.15) is 0 Å². The van der Waals surface area contributed by atoms with Crippen LogP contribution in [-0.2, 0) is 11.2 Å². The molecule has 4 nitrogen and oxygen atoms in total. The first-order valence-corrected chi connectivity index (χ1v) is 8.26. The lowest BCUT2D eigenvalue weighted by Crippen LogP contribution is -2.41. The molecule has 0 bridgehead atoms. The number of hydrogen-bond donors (Lipinski definition) is 1. The summed E-state index contributed by atoms with van der Waals surface area (Å²) in [5.41, 5.74) is 1.13. The molecular formula is C17H26Cl2N2O2. The summed E-state index contributed by atoms with van der Waals surface area (Å²) < 4.78 is 5.42. The smallest absolute Gasteiger partial charge is 0.223 e. The molecule has 1 atom stereocenters. The number of piperidine rings is 1. The van der Waals surface area contributed by atoms with Crippen LogP contribution in [0.5, 0.6) is 5.75 Å².